The van der Waals surface area contributed by atoms with Gasteiger partial charge in [0.15, 0.2) is 0 Å². The Morgan fingerprint density at radius 3 is 1.60 bits per heavy atom. The maximum absolute atomic E-state index is 8.84. The first kappa shape index (κ1) is 13.9. The van der Waals surface area contributed by atoms with Gasteiger partial charge < -0.3 is 4.74 Å². The quantitative estimate of drug-likeness (QED) is 0.615. The van der Waals surface area contributed by atoms with Crippen LogP contribution in [-0.2, 0) is 4.74 Å². The van der Waals surface area contributed by atoms with Crippen LogP contribution in [0.1, 0.15) is 52.4 Å². The third-order valence-corrected chi connectivity index (χ3v) is 2.26. The van der Waals surface area contributed by atoms with Gasteiger partial charge in [-0.1, -0.05) is 39.5 Å². The zero-order valence-electron chi connectivity index (χ0n) is 9.70. The number of hydrogen-bond donors (Lipinski definition) is 0. The minimum Gasteiger partial charge on any atom is -0.345 e. The molecular weight excluding hydrogens is 188 g/mol. The van der Waals surface area contributed by atoms with Crippen molar-refractivity contribution in [2.75, 3.05) is 0 Å². The highest BCUT2D eigenvalue weighted by Crippen LogP contribution is 2.11. The molecule has 3 nitrogen and oxygen atoms in total. The van der Waals surface area contributed by atoms with E-state index < -0.39 is 12.2 Å². The van der Waals surface area contributed by atoms with E-state index in [1.165, 1.54) is 0 Å². The van der Waals surface area contributed by atoms with Gasteiger partial charge in [-0.05, 0) is 12.8 Å². The van der Waals surface area contributed by atoms with Gasteiger partial charge in [0.2, 0.25) is 0 Å². The molecule has 0 N–H and O–H groups in total. The second kappa shape index (κ2) is 9.49. The highest BCUT2D eigenvalue weighted by molar-refractivity contribution is 4.90. The van der Waals surface area contributed by atoms with Gasteiger partial charge in [0, 0.05) is 0 Å². The Hall–Kier alpha value is -1.06. The smallest absolute Gasteiger partial charge is 0.145 e. The van der Waals surface area contributed by atoms with E-state index in [9.17, 15) is 0 Å². The summed E-state index contributed by atoms with van der Waals surface area (Å²) in [4.78, 5) is 0. The topological polar surface area (TPSA) is 56.8 Å². The highest BCUT2D eigenvalue weighted by atomic mass is 16.5. The SMILES string of the molecule is CCCCC(C#N)OC(C#N)CCCC. The molecule has 2 unspecified atom stereocenters. The van der Waals surface area contributed by atoms with Gasteiger partial charge >= 0.3 is 0 Å². The minimum atomic E-state index is -0.411. The molecule has 0 saturated heterocycles. The Morgan fingerprint density at radius 1 is 0.933 bits per heavy atom. The molecule has 0 bridgehead atoms. The molecule has 0 aliphatic heterocycles. The van der Waals surface area contributed by atoms with Gasteiger partial charge in [-0.2, -0.15) is 10.5 Å². The summed E-state index contributed by atoms with van der Waals surface area (Å²) in [6.07, 6.45) is 4.70. The molecule has 0 aromatic rings. The molecule has 0 amide bonds. The van der Waals surface area contributed by atoms with Gasteiger partial charge in [0.1, 0.15) is 12.2 Å². The number of nitrogens with zero attached hydrogens (tertiary/aromatic N) is 2. The molecule has 3 heteroatoms. The average Bonchev–Trinajstić information content (AvgIpc) is 2.28. The van der Waals surface area contributed by atoms with Crippen LogP contribution in [0.15, 0.2) is 0 Å². The number of unbranched alkanes of at least 4 members (excludes halogenated alkanes) is 2. The number of rotatable bonds is 8. The van der Waals surface area contributed by atoms with Crippen molar-refractivity contribution in [3.63, 3.8) is 0 Å². The monoisotopic (exact) mass is 208 g/mol. The molecule has 2 atom stereocenters. The van der Waals surface area contributed by atoms with Crippen LogP contribution < -0.4 is 0 Å². The zero-order valence-corrected chi connectivity index (χ0v) is 9.70. The summed E-state index contributed by atoms with van der Waals surface area (Å²) < 4.78 is 5.43. The van der Waals surface area contributed by atoms with Crippen molar-refractivity contribution in [2.45, 2.75) is 64.6 Å². The largest absolute Gasteiger partial charge is 0.345 e. The van der Waals surface area contributed by atoms with Crippen molar-refractivity contribution in [2.24, 2.45) is 0 Å². The first-order valence-electron chi connectivity index (χ1n) is 5.73. The zero-order chi connectivity index (χ0) is 11.5. The third-order valence-electron chi connectivity index (χ3n) is 2.26. The number of hydrogen-bond acceptors (Lipinski definition) is 3. The summed E-state index contributed by atoms with van der Waals surface area (Å²) in [5.41, 5.74) is 0. The second-order valence-corrected chi connectivity index (χ2v) is 3.66. The predicted octanol–water partition coefficient (Wildman–Crippen LogP) is 3.17. The Labute approximate surface area is 92.7 Å². The van der Waals surface area contributed by atoms with Gasteiger partial charge in [0.25, 0.3) is 0 Å². The molecular formula is C12H20N2O. The number of nitriles is 2. The summed E-state index contributed by atoms with van der Waals surface area (Å²) in [6, 6.07) is 4.21. The van der Waals surface area contributed by atoms with Gasteiger partial charge in [-0.25, -0.2) is 0 Å². The second-order valence-electron chi connectivity index (χ2n) is 3.66. The van der Waals surface area contributed by atoms with E-state index in [1.807, 2.05) is 0 Å². The van der Waals surface area contributed by atoms with Crippen LogP contribution in [0.3, 0.4) is 0 Å². The lowest BCUT2D eigenvalue weighted by Crippen LogP contribution is -2.19. The fraction of sp³-hybridized carbons (Fsp3) is 0.833. The normalized spacial score (nSPS) is 13.9. The molecule has 15 heavy (non-hydrogen) atoms. The molecule has 0 radical (unpaired) electrons. The van der Waals surface area contributed by atoms with Crippen molar-refractivity contribution in [3.05, 3.63) is 0 Å². The highest BCUT2D eigenvalue weighted by Gasteiger charge is 2.14. The molecule has 0 heterocycles. The molecule has 0 saturated carbocycles. The Morgan fingerprint density at radius 2 is 1.33 bits per heavy atom. The van der Waals surface area contributed by atoms with E-state index >= 15 is 0 Å². The molecule has 84 valence electrons. The minimum absolute atomic E-state index is 0.411. The molecule has 0 rings (SSSR count). The standard InChI is InChI=1S/C12H20N2O/c1-3-5-7-11(9-13)15-12(10-14)8-6-4-2/h11-12H,3-8H2,1-2H3. The average molecular weight is 208 g/mol. The lowest BCUT2D eigenvalue weighted by atomic mass is 10.1. The maximum Gasteiger partial charge on any atom is 0.145 e. The van der Waals surface area contributed by atoms with Crippen LogP contribution in [0.5, 0.6) is 0 Å². The fourth-order valence-corrected chi connectivity index (χ4v) is 1.30. The van der Waals surface area contributed by atoms with Crippen molar-refractivity contribution in [1.82, 2.24) is 0 Å². The Bertz CT molecular complexity index is 203. The molecule has 0 aliphatic rings. The molecule has 0 fully saturated rings. The first-order valence-corrected chi connectivity index (χ1v) is 5.73. The molecule has 0 aromatic heterocycles. The van der Waals surface area contributed by atoms with Crippen LogP contribution in [-0.4, -0.2) is 12.2 Å². The first-order chi connectivity index (χ1) is 7.28. The van der Waals surface area contributed by atoms with Crippen molar-refractivity contribution >= 4 is 0 Å². The summed E-state index contributed by atoms with van der Waals surface area (Å²) in [5, 5.41) is 17.7. The van der Waals surface area contributed by atoms with Crippen molar-refractivity contribution < 1.29 is 4.74 Å². The van der Waals surface area contributed by atoms with E-state index in [-0.39, 0.29) is 0 Å². The Kier molecular flexibility index (Phi) is 8.82. The number of ether oxygens (including phenoxy) is 1. The van der Waals surface area contributed by atoms with Gasteiger partial charge in [-0.3, -0.25) is 0 Å². The lowest BCUT2D eigenvalue weighted by Gasteiger charge is -2.14. The summed E-state index contributed by atoms with van der Waals surface area (Å²) in [6.45, 7) is 4.15. The van der Waals surface area contributed by atoms with Crippen molar-refractivity contribution in [3.8, 4) is 12.1 Å². The van der Waals surface area contributed by atoms with Crippen LogP contribution in [0.4, 0.5) is 0 Å². The predicted molar refractivity (Wildman–Crippen MR) is 58.9 cm³/mol. The summed E-state index contributed by atoms with van der Waals surface area (Å²) in [7, 11) is 0. The van der Waals surface area contributed by atoms with Gasteiger partial charge in [-0.15, -0.1) is 0 Å². The summed E-state index contributed by atoms with van der Waals surface area (Å²) >= 11 is 0. The van der Waals surface area contributed by atoms with Crippen molar-refractivity contribution in [1.29, 1.82) is 10.5 Å². The van der Waals surface area contributed by atoms with E-state index in [0.29, 0.717) is 0 Å². The molecule has 0 aliphatic carbocycles. The van der Waals surface area contributed by atoms with Crippen LogP contribution >= 0.6 is 0 Å². The van der Waals surface area contributed by atoms with Crippen LogP contribution in [0.2, 0.25) is 0 Å². The molecule has 0 aromatic carbocycles. The molecule has 0 spiro atoms. The van der Waals surface area contributed by atoms with E-state index in [2.05, 4.69) is 26.0 Å². The van der Waals surface area contributed by atoms with E-state index in [4.69, 9.17) is 15.3 Å². The van der Waals surface area contributed by atoms with Crippen LogP contribution in [0, 0.1) is 22.7 Å². The van der Waals surface area contributed by atoms with E-state index in [1.54, 1.807) is 0 Å². The maximum atomic E-state index is 8.84. The fourth-order valence-electron chi connectivity index (χ4n) is 1.30. The van der Waals surface area contributed by atoms with Gasteiger partial charge in [0.05, 0.1) is 12.1 Å². The third kappa shape index (κ3) is 6.94. The lowest BCUT2D eigenvalue weighted by molar-refractivity contribution is 0.0385. The Balaban J connectivity index is 3.91. The summed E-state index contributed by atoms with van der Waals surface area (Å²) in [5.74, 6) is 0. The van der Waals surface area contributed by atoms with Crippen LogP contribution in [0.25, 0.3) is 0 Å². The van der Waals surface area contributed by atoms with E-state index in [0.717, 1.165) is 38.5 Å².